The van der Waals surface area contributed by atoms with Gasteiger partial charge in [-0.25, -0.2) is 0 Å². The van der Waals surface area contributed by atoms with Gasteiger partial charge in [0.15, 0.2) is 0 Å². The van der Waals surface area contributed by atoms with Crippen LogP contribution in [0, 0.1) is 0 Å². The van der Waals surface area contributed by atoms with Crippen LogP contribution >= 0.6 is 11.3 Å². The van der Waals surface area contributed by atoms with E-state index in [0.29, 0.717) is 5.56 Å². The molecule has 0 aliphatic heterocycles. The highest BCUT2D eigenvalue weighted by atomic mass is 32.1. The summed E-state index contributed by atoms with van der Waals surface area (Å²) in [6.07, 6.45) is 0.0969. The zero-order chi connectivity index (χ0) is 14.8. The van der Waals surface area contributed by atoms with Crippen molar-refractivity contribution in [3.63, 3.8) is 0 Å². The van der Waals surface area contributed by atoms with Crippen LogP contribution in [-0.2, 0) is 0 Å². The normalized spacial score (nSPS) is 11.0. The van der Waals surface area contributed by atoms with Crippen LogP contribution in [-0.4, -0.2) is 11.9 Å². The molecule has 3 rings (SSSR count). The van der Waals surface area contributed by atoms with Crippen LogP contribution in [0.2, 0.25) is 0 Å². The Balaban J connectivity index is 1.94. The van der Waals surface area contributed by atoms with Gasteiger partial charge in [0.2, 0.25) is 5.78 Å². The minimum absolute atomic E-state index is 0.0467. The van der Waals surface area contributed by atoms with Crippen molar-refractivity contribution in [2.24, 2.45) is 0 Å². The number of carbonyl (C=O) groups excluding carboxylic acids is 1. The van der Waals surface area contributed by atoms with Crippen molar-refractivity contribution in [1.29, 1.82) is 0 Å². The van der Waals surface area contributed by atoms with Crippen molar-refractivity contribution in [2.75, 3.05) is 0 Å². The van der Waals surface area contributed by atoms with Gasteiger partial charge in [-0.3, -0.25) is 4.79 Å². The highest BCUT2D eigenvalue weighted by Crippen LogP contribution is 2.28. The van der Waals surface area contributed by atoms with Crippen LogP contribution in [0.25, 0.3) is 10.1 Å². The SMILES string of the molecule is CC(C)Oc1cccc(C(=O)c2cc3ccccc3s2)c1. The number of rotatable bonds is 4. The van der Waals surface area contributed by atoms with Gasteiger partial charge >= 0.3 is 0 Å². The fourth-order valence-electron chi connectivity index (χ4n) is 2.22. The third-order valence-corrected chi connectivity index (χ3v) is 4.23. The van der Waals surface area contributed by atoms with E-state index < -0.39 is 0 Å². The maximum Gasteiger partial charge on any atom is 0.203 e. The average Bonchev–Trinajstić information content (AvgIpc) is 2.90. The van der Waals surface area contributed by atoms with E-state index in [1.807, 2.05) is 68.4 Å². The predicted molar refractivity (Wildman–Crippen MR) is 87.5 cm³/mol. The summed E-state index contributed by atoms with van der Waals surface area (Å²) in [4.78, 5) is 13.4. The molecule has 1 aromatic heterocycles. The lowest BCUT2D eigenvalue weighted by Crippen LogP contribution is -2.06. The average molecular weight is 296 g/mol. The quantitative estimate of drug-likeness (QED) is 0.639. The van der Waals surface area contributed by atoms with E-state index in [1.165, 1.54) is 11.3 Å². The first-order valence-corrected chi connectivity index (χ1v) is 7.75. The van der Waals surface area contributed by atoms with Gasteiger partial charge in [-0.05, 0) is 43.5 Å². The van der Waals surface area contributed by atoms with Gasteiger partial charge in [0.1, 0.15) is 5.75 Å². The fraction of sp³-hybridized carbons (Fsp3) is 0.167. The van der Waals surface area contributed by atoms with E-state index >= 15 is 0 Å². The van der Waals surface area contributed by atoms with E-state index in [1.54, 1.807) is 0 Å². The summed E-state index contributed by atoms with van der Waals surface area (Å²) >= 11 is 1.53. The molecule has 0 spiro atoms. The Morgan fingerprint density at radius 2 is 1.86 bits per heavy atom. The molecule has 0 fully saturated rings. The Kier molecular flexibility index (Phi) is 3.76. The van der Waals surface area contributed by atoms with Crippen LogP contribution < -0.4 is 4.74 Å². The molecular weight excluding hydrogens is 280 g/mol. The number of ether oxygens (including phenoxy) is 1. The van der Waals surface area contributed by atoms with Gasteiger partial charge in [-0.1, -0.05) is 30.3 Å². The van der Waals surface area contributed by atoms with Gasteiger partial charge in [-0.2, -0.15) is 0 Å². The van der Waals surface area contributed by atoms with Crippen LogP contribution in [0.5, 0.6) is 5.75 Å². The molecule has 0 amide bonds. The van der Waals surface area contributed by atoms with E-state index in [4.69, 9.17) is 4.74 Å². The van der Waals surface area contributed by atoms with Crippen molar-refractivity contribution in [3.8, 4) is 5.75 Å². The molecule has 0 atom stereocenters. The van der Waals surface area contributed by atoms with Gasteiger partial charge < -0.3 is 4.74 Å². The van der Waals surface area contributed by atoms with Crippen LogP contribution in [0.3, 0.4) is 0 Å². The summed E-state index contributed by atoms with van der Waals surface area (Å²) in [6, 6.07) is 17.4. The van der Waals surface area contributed by atoms with Crippen molar-refractivity contribution in [2.45, 2.75) is 20.0 Å². The molecule has 0 radical (unpaired) electrons. The lowest BCUT2D eigenvalue weighted by Gasteiger charge is -2.10. The van der Waals surface area contributed by atoms with Crippen LogP contribution in [0.1, 0.15) is 29.1 Å². The Hall–Kier alpha value is -2.13. The summed E-state index contributed by atoms with van der Waals surface area (Å²) in [5, 5.41) is 1.11. The third kappa shape index (κ3) is 2.98. The summed E-state index contributed by atoms with van der Waals surface area (Å²) in [6.45, 7) is 3.95. The molecule has 0 saturated carbocycles. The molecule has 0 N–H and O–H groups in total. The molecule has 1 heterocycles. The lowest BCUT2D eigenvalue weighted by molar-refractivity contribution is 0.104. The number of ketones is 1. The Morgan fingerprint density at radius 1 is 1.05 bits per heavy atom. The smallest absolute Gasteiger partial charge is 0.203 e. The maximum atomic E-state index is 12.6. The Morgan fingerprint density at radius 3 is 2.62 bits per heavy atom. The summed E-state index contributed by atoms with van der Waals surface area (Å²) in [5.74, 6) is 0.780. The van der Waals surface area contributed by atoms with E-state index in [2.05, 4.69) is 0 Å². The monoisotopic (exact) mass is 296 g/mol. The molecular formula is C18H16O2S. The number of thiophene rings is 1. The number of carbonyl (C=O) groups is 1. The van der Waals surface area contributed by atoms with Crippen LogP contribution in [0.15, 0.2) is 54.6 Å². The van der Waals surface area contributed by atoms with E-state index in [9.17, 15) is 4.79 Å². The molecule has 106 valence electrons. The minimum atomic E-state index is 0.0467. The van der Waals surface area contributed by atoms with Crippen LogP contribution in [0.4, 0.5) is 0 Å². The number of hydrogen-bond donors (Lipinski definition) is 0. The molecule has 21 heavy (non-hydrogen) atoms. The fourth-order valence-corrected chi connectivity index (χ4v) is 3.24. The standard InChI is InChI=1S/C18H16O2S/c1-12(2)20-15-8-5-7-14(10-15)18(19)17-11-13-6-3-4-9-16(13)21-17/h3-12H,1-2H3. The van der Waals surface area contributed by atoms with Gasteiger partial charge in [0.25, 0.3) is 0 Å². The Bertz CT molecular complexity index is 754. The van der Waals surface area contributed by atoms with E-state index in [-0.39, 0.29) is 11.9 Å². The summed E-state index contributed by atoms with van der Waals surface area (Å²) in [5.41, 5.74) is 0.666. The molecule has 0 unspecified atom stereocenters. The van der Waals surface area contributed by atoms with Gasteiger partial charge in [0, 0.05) is 10.3 Å². The topological polar surface area (TPSA) is 26.3 Å². The number of fused-ring (bicyclic) bond motifs is 1. The molecule has 2 aromatic carbocycles. The molecule has 0 bridgehead atoms. The molecule has 3 aromatic rings. The highest BCUT2D eigenvalue weighted by Gasteiger charge is 2.13. The second kappa shape index (κ2) is 5.70. The van der Waals surface area contributed by atoms with Crippen molar-refractivity contribution in [1.82, 2.24) is 0 Å². The summed E-state index contributed by atoms with van der Waals surface area (Å²) < 4.78 is 6.79. The van der Waals surface area contributed by atoms with Gasteiger partial charge in [0.05, 0.1) is 11.0 Å². The molecule has 0 aliphatic carbocycles. The molecule has 0 aliphatic rings. The van der Waals surface area contributed by atoms with Crippen molar-refractivity contribution >= 4 is 27.2 Å². The zero-order valence-electron chi connectivity index (χ0n) is 12.0. The second-order valence-corrected chi connectivity index (χ2v) is 6.26. The summed E-state index contributed by atoms with van der Waals surface area (Å²) in [7, 11) is 0. The first-order valence-electron chi connectivity index (χ1n) is 6.93. The van der Waals surface area contributed by atoms with Gasteiger partial charge in [-0.15, -0.1) is 11.3 Å². The molecule has 0 saturated heterocycles. The number of hydrogen-bond acceptors (Lipinski definition) is 3. The second-order valence-electron chi connectivity index (χ2n) is 5.17. The van der Waals surface area contributed by atoms with Crippen molar-refractivity contribution in [3.05, 3.63) is 65.0 Å². The first-order chi connectivity index (χ1) is 10.1. The Labute approximate surface area is 128 Å². The third-order valence-electron chi connectivity index (χ3n) is 3.12. The zero-order valence-corrected chi connectivity index (χ0v) is 12.8. The maximum absolute atomic E-state index is 12.6. The molecule has 3 heteroatoms. The number of benzene rings is 2. The first kappa shape index (κ1) is 13.8. The van der Waals surface area contributed by atoms with E-state index in [0.717, 1.165) is 20.7 Å². The molecule has 2 nitrogen and oxygen atoms in total. The minimum Gasteiger partial charge on any atom is -0.491 e. The highest BCUT2D eigenvalue weighted by molar-refractivity contribution is 7.21. The van der Waals surface area contributed by atoms with Crippen molar-refractivity contribution < 1.29 is 9.53 Å². The lowest BCUT2D eigenvalue weighted by atomic mass is 10.1. The predicted octanol–water partition coefficient (Wildman–Crippen LogP) is 4.92. The largest absolute Gasteiger partial charge is 0.491 e.